The lowest BCUT2D eigenvalue weighted by atomic mass is 10.2. The molecule has 7 heteroatoms. The second kappa shape index (κ2) is 7.65. The summed E-state index contributed by atoms with van der Waals surface area (Å²) >= 11 is 1.58. The maximum Gasteiger partial charge on any atom is 0.211 e. The molecule has 1 aromatic carbocycles. The molecule has 1 heterocycles. The van der Waals surface area contributed by atoms with Crippen LogP contribution >= 0.6 is 11.3 Å². The zero-order valence-corrected chi connectivity index (χ0v) is 15.3. The van der Waals surface area contributed by atoms with Gasteiger partial charge in [-0.2, -0.15) is 5.10 Å². The van der Waals surface area contributed by atoms with E-state index in [1.54, 1.807) is 11.3 Å². The van der Waals surface area contributed by atoms with Crippen molar-refractivity contribution in [2.75, 3.05) is 0 Å². The van der Waals surface area contributed by atoms with Crippen LogP contribution in [0.4, 0.5) is 0 Å². The van der Waals surface area contributed by atoms with Gasteiger partial charge >= 0.3 is 0 Å². The molecule has 0 spiro atoms. The summed E-state index contributed by atoms with van der Waals surface area (Å²) in [5, 5.41) is 8.69. The molecular weight excluding hydrogens is 334 g/mol. The topological polar surface area (TPSA) is 98.9 Å². The Kier molecular flexibility index (Phi) is 5.33. The zero-order chi connectivity index (χ0) is 17.8. The standard InChI is InChI=1S/C18H23N5OS/c1-11-16(12(2)22-23-18(19)20)25-17(21-11)13-7-9-15(10-8-13)24-14-5-3-4-6-14/h7-10,14H,3-6H2,1-2H3,(H4,19,20,23)/b22-12+. The number of thiazole rings is 1. The van der Waals surface area contributed by atoms with Gasteiger partial charge in [0.25, 0.3) is 0 Å². The number of ether oxygens (including phenoxy) is 1. The Morgan fingerprint density at radius 3 is 2.48 bits per heavy atom. The van der Waals surface area contributed by atoms with Gasteiger partial charge in [0.2, 0.25) is 5.96 Å². The molecule has 6 nitrogen and oxygen atoms in total. The molecule has 2 aromatic rings. The predicted molar refractivity (Wildman–Crippen MR) is 103 cm³/mol. The van der Waals surface area contributed by atoms with Crippen molar-refractivity contribution >= 4 is 23.0 Å². The fourth-order valence-electron chi connectivity index (χ4n) is 2.91. The number of aromatic nitrogens is 1. The van der Waals surface area contributed by atoms with Crippen molar-refractivity contribution in [1.29, 1.82) is 0 Å². The number of guanidine groups is 1. The van der Waals surface area contributed by atoms with Gasteiger partial charge in [0, 0.05) is 5.56 Å². The van der Waals surface area contributed by atoms with Crippen LogP contribution in [0, 0.1) is 6.92 Å². The minimum atomic E-state index is -0.0559. The Morgan fingerprint density at radius 1 is 1.16 bits per heavy atom. The highest BCUT2D eigenvalue weighted by Gasteiger charge is 2.17. The molecule has 25 heavy (non-hydrogen) atoms. The largest absolute Gasteiger partial charge is 0.490 e. The van der Waals surface area contributed by atoms with Crippen LogP contribution in [0.1, 0.15) is 43.2 Å². The first kappa shape index (κ1) is 17.4. The third kappa shape index (κ3) is 4.36. The maximum atomic E-state index is 6.01. The van der Waals surface area contributed by atoms with Crippen LogP contribution in [0.2, 0.25) is 0 Å². The van der Waals surface area contributed by atoms with Crippen LogP contribution in [-0.2, 0) is 0 Å². The summed E-state index contributed by atoms with van der Waals surface area (Å²) in [6.07, 6.45) is 5.22. The number of rotatable bonds is 5. The number of benzene rings is 1. The average molecular weight is 357 g/mol. The fourth-order valence-corrected chi connectivity index (χ4v) is 3.92. The average Bonchev–Trinajstić information content (AvgIpc) is 3.23. The predicted octanol–water partition coefficient (Wildman–Crippen LogP) is 3.44. The zero-order valence-electron chi connectivity index (χ0n) is 14.5. The van der Waals surface area contributed by atoms with Crippen LogP contribution in [0.25, 0.3) is 10.6 Å². The first-order chi connectivity index (χ1) is 12.0. The summed E-state index contributed by atoms with van der Waals surface area (Å²) in [6, 6.07) is 8.14. The molecule has 132 valence electrons. The van der Waals surface area contributed by atoms with Gasteiger partial charge in [-0.15, -0.1) is 16.4 Å². The van der Waals surface area contributed by atoms with Crippen molar-refractivity contribution in [3.05, 3.63) is 34.8 Å². The van der Waals surface area contributed by atoms with Gasteiger partial charge in [-0.05, 0) is 63.8 Å². The quantitative estimate of drug-likeness (QED) is 0.486. The van der Waals surface area contributed by atoms with E-state index in [2.05, 4.69) is 27.3 Å². The maximum absolute atomic E-state index is 6.01. The molecule has 1 fully saturated rings. The lowest BCUT2D eigenvalue weighted by molar-refractivity contribution is 0.210. The van der Waals surface area contributed by atoms with Crippen LogP contribution in [0.5, 0.6) is 5.75 Å². The second-order valence-electron chi connectivity index (χ2n) is 6.19. The molecule has 0 amide bonds. The number of nitrogens with zero attached hydrogens (tertiary/aromatic N) is 3. The highest BCUT2D eigenvalue weighted by Crippen LogP contribution is 2.31. The van der Waals surface area contributed by atoms with Gasteiger partial charge in [0.15, 0.2) is 0 Å². The van der Waals surface area contributed by atoms with E-state index in [1.807, 2.05) is 26.0 Å². The Hall–Kier alpha value is -2.41. The van der Waals surface area contributed by atoms with E-state index in [9.17, 15) is 0 Å². The van der Waals surface area contributed by atoms with Gasteiger partial charge < -0.3 is 16.2 Å². The van der Waals surface area contributed by atoms with E-state index in [0.29, 0.717) is 6.10 Å². The smallest absolute Gasteiger partial charge is 0.211 e. The van der Waals surface area contributed by atoms with Crippen LogP contribution in [0.15, 0.2) is 34.5 Å². The van der Waals surface area contributed by atoms with E-state index in [0.717, 1.165) is 45.4 Å². The fraction of sp³-hybridized carbons (Fsp3) is 0.389. The monoisotopic (exact) mass is 357 g/mol. The normalized spacial score (nSPS) is 15.4. The molecule has 0 unspecified atom stereocenters. The summed E-state index contributed by atoms with van der Waals surface area (Å²) in [7, 11) is 0. The van der Waals surface area contributed by atoms with Crippen LogP contribution in [0.3, 0.4) is 0 Å². The minimum Gasteiger partial charge on any atom is -0.490 e. The highest BCUT2D eigenvalue weighted by molar-refractivity contribution is 7.17. The van der Waals surface area contributed by atoms with Gasteiger partial charge in [-0.3, -0.25) is 0 Å². The van der Waals surface area contributed by atoms with Gasteiger partial charge in [-0.25, -0.2) is 4.98 Å². The number of hydrogen-bond donors (Lipinski definition) is 2. The molecule has 1 aromatic heterocycles. The SMILES string of the molecule is C/C(=N\N=C(N)N)c1sc(-c2ccc(OC3CCCC3)cc2)nc1C. The van der Waals surface area contributed by atoms with E-state index in [1.165, 1.54) is 12.8 Å². The van der Waals surface area contributed by atoms with E-state index < -0.39 is 0 Å². The first-order valence-corrected chi connectivity index (χ1v) is 9.22. The van der Waals surface area contributed by atoms with Crippen molar-refractivity contribution in [3.63, 3.8) is 0 Å². The van der Waals surface area contributed by atoms with E-state index in [4.69, 9.17) is 16.2 Å². The van der Waals surface area contributed by atoms with Crippen molar-refractivity contribution in [2.45, 2.75) is 45.6 Å². The molecule has 3 rings (SSSR count). The molecule has 0 bridgehead atoms. The molecule has 0 saturated heterocycles. The molecule has 0 aliphatic heterocycles. The minimum absolute atomic E-state index is 0.0559. The van der Waals surface area contributed by atoms with E-state index in [-0.39, 0.29) is 5.96 Å². The summed E-state index contributed by atoms with van der Waals surface area (Å²) in [5.74, 6) is 0.870. The lowest BCUT2D eigenvalue weighted by Gasteiger charge is -2.12. The molecule has 1 aliphatic carbocycles. The first-order valence-electron chi connectivity index (χ1n) is 8.41. The summed E-state index contributed by atoms with van der Waals surface area (Å²) in [4.78, 5) is 5.63. The van der Waals surface area contributed by atoms with Crippen molar-refractivity contribution in [1.82, 2.24) is 4.98 Å². The van der Waals surface area contributed by atoms with Crippen LogP contribution < -0.4 is 16.2 Å². The molecule has 0 radical (unpaired) electrons. The van der Waals surface area contributed by atoms with E-state index >= 15 is 0 Å². The van der Waals surface area contributed by atoms with Crippen LogP contribution in [-0.4, -0.2) is 22.8 Å². The van der Waals surface area contributed by atoms with Crippen molar-refractivity contribution < 1.29 is 4.74 Å². The third-order valence-electron chi connectivity index (χ3n) is 4.15. The Morgan fingerprint density at radius 2 is 1.84 bits per heavy atom. The number of hydrogen-bond acceptors (Lipinski definition) is 5. The Balaban J connectivity index is 1.76. The molecule has 1 saturated carbocycles. The van der Waals surface area contributed by atoms with Gasteiger partial charge in [0.05, 0.1) is 22.4 Å². The molecule has 1 aliphatic rings. The Labute approximate surface area is 151 Å². The number of aryl methyl sites for hydroxylation is 1. The van der Waals surface area contributed by atoms with Crippen molar-refractivity contribution in [2.24, 2.45) is 21.7 Å². The Bertz CT molecular complexity index is 784. The molecule has 0 atom stereocenters. The highest BCUT2D eigenvalue weighted by atomic mass is 32.1. The second-order valence-corrected chi connectivity index (χ2v) is 7.19. The summed E-state index contributed by atoms with van der Waals surface area (Å²) < 4.78 is 6.01. The number of nitrogens with two attached hydrogens (primary N) is 2. The molecule has 4 N–H and O–H groups in total. The summed E-state index contributed by atoms with van der Waals surface area (Å²) in [5.41, 5.74) is 13.4. The van der Waals surface area contributed by atoms with Gasteiger partial charge in [0.1, 0.15) is 10.8 Å². The third-order valence-corrected chi connectivity index (χ3v) is 5.46. The lowest BCUT2D eigenvalue weighted by Crippen LogP contribution is -2.22. The summed E-state index contributed by atoms with van der Waals surface area (Å²) in [6.45, 7) is 3.83. The molecular formula is C18H23N5OS. The van der Waals surface area contributed by atoms with Gasteiger partial charge in [-0.1, -0.05) is 0 Å². The van der Waals surface area contributed by atoms with Crippen molar-refractivity contribution in [3.8, 4) is 16.3 Å².